The Hall–Kier alpha value is -2.09. The highest BCUT2D eigenvalue weighted by molar-refractivity contribution is 7.89. The average molecular weight is 395 g/mol. The van der Waals surface area contributed by atoms with Gasteiger partial charge in [-0.1, -0.05) is 29.8 Å². The van der Waals surface area contributed by atoms with Crippen molar-refractivity contribution in [3.8, 4) is 0 Å². The molecule has 2 aromatic rings. The number of esters is 1. The molecule has 138 valence electrons. The third kappa shape index (κ3) is 3.70. The van der Waals surface area contributed by atoms with Gasteiger partial charge in [-0.2, -0.15) is 4.31 Å². The van der Waals surface area contributed by atoms with Crippen LogP contribution in [0.5, 0.6) is 0 Å². The van der Waals surface area contributed by atoms with E-state index in [9.17, 15) is 13.2 Å². The number of methoxy groups -OCH3 is 1. The second-order valence-electron chi connectivity index (χ2n) is 5.86. The highest BCUT2D eigenvalue weighted by atomic mass is 35.5. The molecule has 0 bridgehead atoms. The molecule has 0 aromatic heterocycles. The van der Waals surface area contributed by atoms with E-state index in [4.69, 9.17) is 16.3 Å². The van der Waals surface area contributed by atoms with Crippen molar-refractivity contribution in [1.82, 2.24) is 4.31 Å². The Morgan fingerprint density at radius 3 is 2.38 bits per heavy atom. The number of halogens is 1. The van der Waals surface area contributed by atoms with E-state index in [1.165, 1.54) is 23.5 Å². The van der Waals surface area contributed by atoms with Gasteiger partial charge in [0.1, 0.15) is 0 Å². The number of rotatable bonds is 4. The molecule has 26 heavy (non-hydrogen) atoms. The van der Waals surface area contributed by atoms with E-state index in [0.717, 1.165) is 5.69 Å². The molecule has 3 rings (SSSR count). The minimum absolute atomic E-state index is 0.0249. The van der Waals surface area contributed by atoms with E-state index >= 15 is 0 Å². The molecule has 1 aliphatic rings. The lowest BCUT2D eigenvalue weighted by Gasteiger charge is -2.35. The van der Waals surface area contributed by atoms with E-state index in [0.29, 0.717) is 31.2 Å². The first-order valence-corrected chi connectivity index (χ1v) is 9.93. The maximum absolute atomic E-state index is 13.0. The zero-order chi connectivity index (χ0) is 18.7. The number of hydrogen-bond donors (Lipinski definition) is 0. The molecule has 0 spiro atoms. The Bertz CT molecular complexity index is 909. The quantitative estimate of drug-likeness (QED) is 0.746. The van der Waals surface area contributed by atoms with Crippen LogP contribution < -0.4 is 4.90 Å². The normalized spacial score (nSPS) is 15.7. The molecule has 1 fully saturated rings. The molecule has 0 atom stereocenters. The fourth-order valence-electron chi connectivity index (χ4n) is 2.97. The topological polar surface area (TPSA) is 66.9 Å². The summed E-state index contributed by atoms with van der Waals surface area (Å²) in [5, 5.41) is 0.643. The van der Waals surface area contributed by atoms with Gasteiger partial charge in [-0.05, 0) is 30.3 Å². The number of benzene rings is 2. The van der Waals surface area contributed by atoms with Crippen LogP contribution in [0.1, 0.15) is 10.4 Å². The van der Waals surface area contributed by atoms with Gasteiger partial charge in [0.05, 0.1) is 17.6 Å². The number of carbonyl (C=O) groups is 1. The predicted octanol–water partition coefficient (Wildman–Crippen LogP) is 2.64. The summed E-state index contributed by atoms with van der Waals surface area (Å²) in [6.07, 6.45) is 0. The second-order valence-corrected chi connectivity index (χ2v) is 8.20. The van der Waals surface area contributed by atoms with Crippen molar-refractivity contribution < 1.29 is 17.9 Å². The Labute approximate surface area is 158 Å². The zero-order valence-corrected chi connectivity index (χ0v) is 15.8. The molecule has 1 heterocycles. The molecular weight excluding hydrogens is 376 g/mol. The number of carbonyl (C=O) groups excluding carboxylic acids is 1. The van der Waals surface area contributed by atoms with Crippen LogP contribution in [0.4, 0.5) is 5.69 Å². The Balaban J connectivity index is 1.80. The Morgan fingerprint density at radius 1 is 1.04 bits per heavy atom. The molecule has 0 aliphatic carbocycles. The van der Waals surface area contributed by atoms with Crippen molar-refractivity contribution in [3.63, 3.8) is 0 Å². The fourth-order valence-corrected chi connectivity index (χ4v) is 4.76. The number of anilines is 1. The summed E-state index contributed by atoms with van der Waals surface area (Å²) in [4.78, 5) is 14.0. The van der Waals surface area contributed by atoms with Crippen LogP contribution in [0.2, 0.25) is 5.02 Å². The number of piperazine rings is 1. The maximum Gasteiger partial charge on any atom is 0.339 e. The minimum atomic E-state index is -3.78. The molecule has 0 unspecified atom stereocenters. The molecule has 6 nitrogen and oxygen atoms in total. The van der Waals surface area contributed by atoms with Gasteiger partial charge in [0.2, 0.25) is 10.0 Å². The third-order valence-corrected chi connectivity index (χ3v) is 6.51. The average Bonchev–Trinajstić information content (AvgIpc) is 2.67. The fraction of sp³-hybridized carbons (Fsp3) is 0.278. The van der Waals surface area contributed by atoms with Gasteiger partial charge in [0.15, 0.2) is 0 Å². The lowest BCUT2D eigenvalue weighted by Crippen LogP contribution is -2.48. The first-order valence-electron chi connectivity index (χ1n) is 8.11. The highest BCUT2D eigenvalue weighted by Crippen LogP contribution is 2.25. The summed E-state index contributed by atoms with van der Waals surface area (Å²) in [5.74, 6) is -0.665. The minimum Gasteiger partial charge on any atom is -0.465 e. The maximum atomic E-state index is 13.0. The number of sulfonamides is 1. The summed E-state index contributed by atoms with van der Waals surface area (Å²) >= 11 is 6.03. The molecule has 0 saturated carbocycles. The first-order chi connectivity index (χ1) is 12.4. The van der Waals surface area contributed by atoms with Crippen molar-refractivity contribution in [1.29, 1.82) is 0 Å². The lowest BCUT2D eigenvalue weighted by molar-refractivity contribution is 0.0596. The van der Waals surface area contributed by atoms with Crippen LogP contribution in [0.3, 0.4) is 0 Å². The van der Waals surface area contributed by atoms with Crippen molar-refractivity contribution in [2.24, 2.45) is 0 Å². The summed E-state index contributed by atoms with van der Waals surface area (Å²) in [6.45, 7) is 1.73. The summed E-state index contributed by atoms with van der Waals surface area (Å²) in [7, 11) is -2.55. The lowest BCUT2D eigenvalue weighted by atomic mass is 10.2. The van der Waals surface area contributed by atoms with Crippen molar-refractivity contribution in [3.05, 3.63) is 59.1 Å². The zero-order valence-electron chi connectivity index (χ0n) is 14.3. The van der Waals surface area contributed by atoms with Gasteiger partial charge in [-0.25, -0.2) is 13.2 Å². The smallest absolute Gasteiger partial charge is 0.339 e. The molecular formula is C18H19ClN2O4S. The van der Waals surface area contributed by atoms with E-state index < -0.39 is 16.0 Å². The van der Waals surface area contributed by atoms with Gasteiger partial charge in [-0.3, -0.25) is 0 Å². The van der Waals surface area contributed by atoms with Gasteiger partial charge < -0.3 is 9.64 Å². The monoisotopic (exact) mass is 394 g/mol. The molecule has 0 amide bonds. The SMILES string of the molecule is COC(=O)c1ccccc1S(=O)(=O)N1CCN(c2cccc(Cl)c2)CC1. The van der Waals surface area contributed by atoms with E-state index in [1.807, 2.05) is 18.2 Å². The third-order valence-electron chi connectivity index (χ3n) is 4.32. The molecule has 8 heteroatoms. The van der Waals surface area contributed by atoms with Crippen LogP contribution >= 0.6 is 11.6 Å². The predicted molar refractivity (Wildman–Crippen MR) is 100 cm³/mol. The summed E-state index contributed by atoms with van der Waals surface area (Å²) < 4.78 is 32.1. The van der Waals surface area contributed by atoms with Gasteiger partial charge in [-0.15, -0.1) is 0 Å². The largest absolute Gasteiger partial charge is 0.465 e. The molecule has 0 radical (unpaired) electrons. The number of nitrogens with zero attached hydrogens (tertiary/aromatic N) is 2. The Morgan fingerprint density at radius 2 is 1.73 bits per heavy atom. The number of hydrogen-bond acceptors (Lipinski definition) is 5. The van der Waals surface area contributed by atoms with E-state index in [1.54, 1.807) is 18.2 Å². The Kier molecular flexibility index (Phi) is 5.50. The molecule has 0 N–H and O–H groups in total. The molecule has 1 aliphatic heterocycles. The number of ether oxygens (including phenoxy) is 1. The van der Waals surface area contributed by atoms with Crippen LogP contribution in [0, 0.1) is 0 Å². The van der Waals surface area contributed by atoms with E-state index in [-0.39, 0.29) is 10.5 Å². The summed E-state index contributed by atoms with van der Waals surface area (Å²) in [5.41, 5.74) is 1.01. The van der Waals surface area contributed by atoms with Crippen LogP contribution in [0.15, 0.2) is 53.4 Å². The van der Waals surface area contributed by atoms with Gasteiger partial charge in [0.25, 0.3) is 0 Å². The van der Waals surface area contributed by atoms with Crippen LogP contribution in [-0.2, 0) is 14.8 Å². The second kappa shape index (κ2) is 7.65. The van der Waals surface area contributed by atoms with Crippen molar-refractivity contribution >= 4 is 33.3 Å². The van der Waals surface area contributed by atoms with Crippen molar-refractivity contribution in [2.45, 2.75) is 4.90 Å². The van der Waals surface area contributed by atoms with Gasteiger partial charge in [0, 0.05) is 36.9 Å². The van der Waals surface area contributed by atoms with Gasteiger partial charge >= 0.3 is 5.97 Å². The highest BCUT2D eigenvalue weighted by Gasteiger charge is 2.31. The molecule has 1 saturated heterocycles. The van der Waals surface area contributed by atoms with Crippen LogP contribution in [-0.4, -0.2) is 52.0 Å². The summed E-state index contributed by atoms with van der Waals surface area (Å²) in [6, 6.07) is 13.6. The van der Waals surface area contributed by atoms with Crippen LogP contribution in [0.25, 0.3) is 0 Å². The first kappa shape index (κ1) is 18.7. The van der Waals surface area contributed by atoms with Crippen molar-refractivity contribution in [2.75, 3.05) is 38.2 Å². The standard InChI is InChI=1S/C18H19ClN2O4S/c1-25-18(22)16-7-2-3-8-17(16)26(23,24)21-11-9-20(10-12-21)15-6-4-5-14(19)13-15/h2-8,13H,9-12H2,1H3. The van der Waals surface area contributed by atoms with E-state index in [2.05, 4.69) is 4.90 Å². The molecule has 2 aromatic carbocycles.